The molecule has 2 aromatic rings. The largest absolute Gasteiger partial charge is 0.491 e. The molecule has 0 fully saturated rings. The van der Waals surface area contributed by atoms with Crippen LogP contribution in [-0.2, 0) is 14.9 Å². The lowest BCUT2D eigenvalue weighted by Gasteiger charge is -2.13. The van der Waals surface area contributed by atoms with E-state index in [9.17, 15) is 13.2 Å². The third kappa shape index (κ3) is 4.97. The molecule has 6 nitrogen and oxygen atoms in total. The van der Waals surface area contributed by atoms with Crippen LogP contribution in [0.4, 0.5) is 0 Å². The summed E-state index contributed by atoms with van der Waals surface area (Å²) in [6.45, 7) is 3.81. The summed E-state index contributed by atoms with van der Waals surface area (Å²) < 4.78 is 40.7. The zero-order chi connectivity index (χ0) is 19.3. The lowest BCUT2D eigenvalue weighted by molar-refractivity contribution is 0.101. The number of benzene rings is 2. The van der Waals surface area contributed by atoms with Crippen LogP contribution in [0.25, 0.3) is 0 Å². The Kier molecular flexibility index (Phi) is 6.63. The summed E-state index contributed by atoms with van der Waals surface area (Å²) in [4.78, 5) is 11.7. The van der Waals surface area contributed by atoms with Crippen LogP contribution in [-0.4, -0.2) is 34.5 Å². The quantitative estimate of drug-likeness (QED) is 0.383. The molecule has 0 amide bonds. The van der Waals surface area contributed by atoms with Crippen molar-refractivity contribution < 1.29 is 26.9 Å². The fraction of sp³-hybridized carbons (Fsp3) is 0.278. The van der Waals surface area contributed by atoms with Crippen LogP contribution in [0, 0.1) is 6.92 Å². The smallest absolute Gasteiger partial charge is 0.339 e. The number of Topliss-reactive ketones (excluding diaryl/α,β-unsaturated/α-hetero) is 1. The van der Waals surface area contributed by atoms with Gasteiger partial charge in [-0.15, -0.1) is 0 Å². The van der Waals surface area contributed by atoms with E-state index in [0.29, 0.717) is 29.5 Å². The first-order valence-electron chi connectivity index (χ1n) is 7.72. The van der Waals surface area contributed by atoms with Crippen molar-refractivity contribution in [2.24, 2.45) is 0 Å². The summed E-state index contributed by atoms with van der Waals surface area (Å²) in [5, 5.41) is 0.313. The van der Waals surface area contributed by atoms with Crippen LogP contribution in [0.1, 0.15) is 22.8 Å². The zero-order valence-corrected chi connectivity index (χ0v) is 16.2. The van der Waals surface area contributed by atoms with E-state index in [-0.39, 0.29) is 22.0 Å². The highest BCUT2D eigenvalue weighted by atomic mass is 35.5. The highest BCUT2D eigenvalue weighted by Gasteiger charge is 2.21. The first kappa shape index (κ1) is 20.2. The van der Waals surface area contributed by atoms with Crippen molar-refractivity contribution in [1.29, 1.82) is 0 Å². The summed E-state index contributed by atoms with van der Waals surface area (Å²) >= 11 is 5.86. The van der Waals surface area contributed by atoms with E-state index < -0.39 is 10.1 Å². The fourth-order valence-electron chi connectivity index (χ4n) is 2.19. The first-order chi connectivity index (χ1) is 12.2. The van der Waals surface area contributed by atoms with Crippen LogP contribution in [0.3, 0.4) is 0 Å². The molecule has 0 saturated carbocycles. The van der Waals surface area contributed by atoms with Gasteiger partial charge in [-0.1, -0.05) is 11.6 Å². The molecule has 2 aromatic carbocycles. The average molecular weight is 399 g/mol. The molecule has 0 atom stereocenters. The third-order valence-electron chi connectivity index (χ3n) is 3.50. The summed E-state index contributed by atoms with van der Waals surface area (Å²) in [6, 6.07) is 8.55. The number of carbonyl (C=O) groups is 1. The number of aryl methyl sites for hydroxylation is 1. The molecular formula is C18H19ClO6S. The van der Waals surface area contributed by atoms with Crippen molar-refractivity contribution in [2.45, 2.75) is 18.7 Å². The number of hydrogen-bond acceptors (Lipinski definition) is 6. The van der Waals surface area contributed by atoms with Crippen LogP contribution in [0.5, 0.6) is 11.5 Å². The number of halogens is 1. The maximum Gasteiger partial charge on any atom is 0.339 e. The van der Waals surface area contributed by atoms with Crippen LogP contribution < -0.4 is 8.92 Å². The van der Waals surface area contributed by atoms with Crippen molar-refractivity contribution in [1.82, 2.24) is 0 Å². The molecule has 0 aromatic heterocycles. The van der Waals surface area contributed by atoms with Crippen molar-refractivity contribution in [3.05, 3.63) is 52.5 Å². The molecule has 26 heavy (non-hydrogen) atoms. The first-order valence-corrected chi connectivity index (χ1v) is 9.50. The number of methoxy groups -OCH3 is 1. The molecule has 140 valence electrons. The highest BCUT2D eigenvalue weighted by molar-refractivity contribution is 7.87. The van der Waals surface area contributed by atoms with Crippen LogP contribution in [0.2, 0.25) is 5.02 Å². The van der Waals surface area contributed by atoms with Crippen molar-refractivity contribution in [2.75, 3.05) is 20.3 Å². The molecule has 0 radical (unpaired) electrons. The Labute approximate surface area is 157 Å². The second-order valence-corrected chi connectivity index (χ2v) is 7.49. The minimum atomic E-state index is -4.12. The van der Waals surface area contributed by atoms with E-state index in [4.69, 9.17) is 25.3 Å². The normalized spacial score (nSPS) is 11.2. The van der Waals surface area contributed by atoms with Gasteiger partial charge in [0.05, 0.1) is 12.2 Å². The van der Waals surface area contributed by atoms with Crippen molar-refractivity contribution in [3.8, 4) is 11.5 Å². The second-order valence-electron chi connectivity index (χ2n) is 5.50. The van der Waals surface area contributed by atoms with Gasteiger partial charge < -0.3 is 13.7 Å². The Morgan fingerprint density at radius 1 is 1.08 bits per heavy atom. The standard InChI is InChI=1S/C18H19ClO6S/c1-12-10-15(5-7-17(12)24-9-8-23-3)26(21,22)25-18-6-4-14(19)11-16(18)13(2)20/h4-7,10-11H,8-9H2,1-3H3. The van der Waals surface area contributed by atoms with Gasteiger partial charge >= 0.3 is 10.1 Å². The van der Waals surface area contributed by atoms with Gasteiger partial charge in [0.15, 0.2) is 11.5 Å². The summed E-state index contributed by atoms with van der Waals surface area (Å²) in [5.41, 5.74) is 0.728. The van der Waals surface area contributed by atoms with E-state index in [1.54, 1.807) is 20.1 Å². The van der Waals surface area contributed by atoms with Crippen molar-refractivity contribution in [3.63, 3.8) is 0 Å². The minimum absolute atomic E-state index is 0.0430. The average Bonchev–Trinajstić information content (AvgIpc) is 2.57. The van der Waals surface area contributed by atoms with E-state index in [2.05, 4.69) is 0 Å². The Hall–Kier alpha value is -2.09. The fourth-order valence-corrected chi connectivity index (χ4v) is 3.40. The van der Waals surface area contributed by atoms with Crippen LogP contribution >= 0.6 is 11.6 Å². The summed E-state index contributed by atoms with van der Waals surface area (Å²) in [5.74, 6) is 0.132. The zero-order valence-electron chi connectivity index (χ0n) is 14.6. The summed E-state index contributed by atoms with van der Waals surface area (Å²) in [7, 11) is -2.56. The SMILES string of the molecule is COCCOc1ccc(S(=O)(=O)Oc2ccc(Cl)cc2C(C)=O)cc1C. The molecule has 0 spiro atoms. The second kappa shape index (κ2) is 8.53. The maximum absolute atomic E-state index is 12.6. The van der Waals surface area contributed by atoms with Gasteiger partial charge in [0.1, 0.15) is 17.3 Å². The number of hydrogen-bond donors (Lipinski definition) is 0. The number of ketones is 1. The maximum atomic E-state index is 12.6. The molecule has 0 heterocycles. The molecule has 0 N–H and O–H groups in total. The van der Waals surface area contributed by atoms with Gasteiger partial charge in [-0.05, 0) is 55.8 Å². The molecular weight excluding hydrogens is 380 g/mol. The minimum Gasteiger partial charge on any atom is -0.491 e. The van der Waals surface area contributed by atoms with Crippen molar-refractivity contribution >= 4 is 27.5 Å². The predicted molar refractivity (Wildman–Crippen MR) is 97.8 cm³/mol. The van der Waals surface area contributed by atoms with E-state index in [1.807, 2.05) is 0 Å². The van der Waals surface area contributed by atoms with Gasteiger partial charge in [-0.2, -0.15) is 8.42 Å². The van der Waals surface area contributed by atoms with Gasteiger partial charge in [-0.3, -0.25) is 4.79 Å². The lowest BCUT2D eigenvalue weighted by Crippen LogP contribution is -2.12. The van der Waals surface area contributed by atoms with E-state index >= 15 is 0 Å². The topological polar surface area (TPSA) is 78.9 Å². The van der Waals surface area contributed by atoms with Gasteiger partial charge in [0.2, 0.25) is 0 Å². The Balaban J connectivity index is 2.28. The number of rotatable bonds is 8. The van der Waals surface area contributed by atoms with Gasteiger partial charge in [0, 0.05) is 12.1 Å². The summed E-state index contributed by atoms with van der Waals surface area (Å²) in [6.07, 6.45) is 0. The molecule has 8 heteroatoms. The Bertz CT molecular complexity index is 908. The highest BCUT2D eigenvalue weighted by Crippen LogP contribution is 2.28. The molecule has 0 aliphatic rings. The molecule has 2 rings (SSSR count). The number of ether oxygens (including phenoxy) is 2. The predicted octanol–water partition coefficient (Wildman–Crippen LogP) is 3.64. The molecule has 0 saturated heterocycles. The van der Waals surface area contributed by atoms with E-state index in [1.165, 1.54) is 37.3 Å². The molecule has 0 unspecified atom stereocenters. The monoisotopic (exact) mass is 398 g/mol. The van der Waals surface area contributed by atoms with Crippen LogP contribution in [0.15, 0.2) is 41.3 Å². The number of carbonyl (C=O) groups excluding carboxylic acids is 1. The van der Waals surface area contributed by atoms with Gasteiger partial charge in [-0.25, -0.2) is 0 Å². The van der Waals surface area contributed by atoms with E-state index in [0.717, 1.165) is 0 Å². The lowest BCUT2D eigenvalue weighted by atomic mass is 10.1. The molecule has 0 bridgehead atoms. The third-order valence-corrected chi connectivity index (χ3v) is 4.97. The Morgan fingerprint density at radius 2 is 1.77 bits per heavy atom. The molecule has 0 aliphatic carbocycles. The molecule has 0 aliphatic heterocycles. The Morgan fingerprint density at radius 3 is 2.38 bits per heavy atom. The van der Waals surface area contributed by atoms with Gasteiger partial charge in [0.25, 0.3) is 0 Å².